The lowest BCUT2D eigenvalue weighted by Crippen LogP contribution is -2.30. The van der Waals surface area contributed by atoms with Crippen LogP contribution in [-0.2, 0) is 28.6 Å². The first-order valence-corrected chi connectivity index (χ1v) is 26.9. The van der Waals surface area contributed by atoms with Crippen molar-refractivity contribution in [2.24, 2.45) is 5.92 Å². The first-order chi connectivity index (χ1) is 29.4. The fourth-order valence-electron chi connectivity index (χ4n) is 8.22. The Kier molecular flexibility index (Phi) is 47.2. The first-order valence-electron chi connectivity index (χ1n) is 26.9. The SMILES string of the molecule is CCCCCCCCCCCCCCCCCCCC(=O)O[C@H](COC(=O)CCCCCCCCCCCCCCCCCC)COC(=O)CCCCCCCCC(C)C. The summed E-state index contributed by atoms with van der Waals surface area (Å²) < 4.78 is 16.8. The first kappa shape index (κ1) is 58.4. The summed E-state index contributed by atoms with van der Waals surface area (Å²) in [6.07, 6.45) is 51.1. The average Bonchev–Trinajstić information content (AvgIpc) is 3.23. The Hall–Kier alpha value is -1.59. The van der Waals surface area contributed by atoms with Crippen LogP contribution in [0.3, 0.4) is 0 Å². The Morgan fingerprint density at radius 2 is 0.550 bits per heavy atom. The van der Waals surface area contributed by atoms with E-state index < -0.39 is 6.10 Å². The second kappa shape index (κ2) is 48.4. The highest BCUT2D eigenvalue weighted by Crippen LogP contribution is 2.17. The number of unbranched alkanes of at least 4 members (excludes halogenated alkanes) is 36. The van der Waals surface area contributed by atoms with Crippen LogP contribution in [0.5, 0.6) is 0 Å². The van der Waals surface area contributed by atoms with Gasteiger partial charge in [0.15, 0.2) is 6.10 Å². The summed E-state index contributed by atoms with van der Waals surface area (Å²) in [6, 6.07) is 0. The molecule has 0 aliphatic carbocycles. The van der Waals surface area contributed by atoms with Gasteiger partial charge < -0.3 is 14.2 Å². The number of hydrogen-bond donors (Lipinski definition) is 0. The van der Waals surface area contributed by atoms with E-state index in [0.29, 0.717) is 19.3 Å². The summed E-state index contributed by atoms with van der Waals surface area (Å²) in [5.74, 6) is -0.0835. The summed E-state index contributed by atoms with van der Waals surface area (Å²) in [6.45, 7) is 8.97. The zero-order valence-electron chi connectivity index (χ0n) is 40.9. The number of rotatable bonds is 49. The maximum Gasteiger partial charge on any atom is 0.306 e. The van der Waals surface area contributed by atoms with Crippen molar-refractivity contribution < 1.29 is 28.6 Å². The lowest BCUT2D eigenvalue weighted by Gasteiger charge is -2.18. The van der Waals surface area contributed by atoms with Gasteiger partial charge in [0.2, 0.25) is 0 Å². The summed E-state index contributed by atoms with van der Waals surface area (Å²) in [4.78, 5) is 37.9. The molecule has 0 saturated heterocycles. The summed E-state index contributed by atoms with van der Waals surface area (Å²) >= 11 is 0. The van der Waals surface area contributed by atoms with E-state index in [9.17, 15) is 14.4 Å². The van der Waals surface area contributed by atoms with Crippen LogP contribution in [-0.4, -0.2) is 37.2 Å². The lowest BCUT2D eigenvalue weighted by atomic mass is 10.0. The van der Waals surface area contributed by atoms with Crippen molar-refractivity contribution in [1.82, 2.24) is 0 Å². The van der Waals surface area contributed by atoms with Crippen molar-refractivity contribution >= 4 is 17.9 Å². The van der Waals surface area contributed by atoms with Crippen molar-refractivity contribution in [2.45, 2.75) is 310 Å². The summed E-state index contributed by atoms with van der Waals surface area (Å²) in [5, 5.41) is 0. The molecule has 0 radical (unpaired) electrons. The Bertz CT molecular complexity index is 903. The second-order valence-corrected chi connectivity index (χ2v) is 19.0. The molecule has 0 aromatic heterocycles. The van der Waals surface area contributed by atoms with Crippen LogP contribution in [0.1, 0.15) is 304 Å². The summed E-state index contributed by atoms with van der Waals surface area (Å²) in [7, 11) is 0. The van der Waals surface area contributed by atoms with Crippen molar-refractivity contribution in [1.29, 1.82) is 0 Å². The summed E-state index contributed by atoms with van der Waals surface area (Å²) in [5.41, 5.74) is 0. The van der Waals surface area contributed by atoms with Crippen molar-refractivity contribution in [3.8, 4) is 0 Å². The number of carbonyl (C=O) groups is 3. The third-order valence-electron chi connectivity index (χ3n) is 12.3. The van der Waals surface area contributed by atoms with Crippen LogP contribution in [0.15, 0.2) is 0 Å². The quantitative estimate of drug-likeness (QED) is 0.0345. The number of carbonyl (C=O) groups excluding carboxylic acids is 3. The molecule has 0 saturated carbocycles. The molecule has 0 unspecified atom stereocenters. The van der Waals surface area contributed by atoms with Gasteiger partial charge in [0.1, 0.15) is 13.2 Å². The average molecular weight is 849 g/mol. The fraction of sp³-hybridized carbons (Fsp3) is 0.944. The lowest BCUT2D eigenvalue weighted by molar-refractivity contribution is -0.167. The number of ether oxygens (including phenoxy) is 3. The Morgan fingerprint density at radius 3 is 0.817 bits per heavy atom. The van der Waals surface area contributed by atoms with Gasteiger partial charge in [-0.1, -0.05) is 265 Å². The maximum atomic E-state index is 12.8. The van der Waals surface area contributed by atoms with E-state index >= 15 is 0 Å². The highest BCUT2D eigenvalue weighted by Gasteiger charge is 2.19. The predicted octanol–water partition coefficient (Wildman–Crippen LogP) is 17.5. The molecule has 60 heavy (non-hydrogen) atoms. The molecule has 0 spiro atoms. The van der Waals surface area contributed by atoms with Crippen LogP contribution in [0.25, 0.3) is 0 Å². The normalized spacial score (nSPS) is 11.9. The standard InChI is InChI=1S/C54H104O6/c1-5-7-9-11-13-15-17-19-21-23-25-27-29-31-33-39-43-47-54(57)60-51(49-59-53(56)46-42-38-35-34-36-40-44-50(3)4)48-58-52(55)45-41-37-32-30-28-26-24-22-20-18-16-14-12-10-8-6-2/h50-51H,5-49H2,1-4H3/t51-/m1/s1. The molecule has 0 rings (SSSR count). The minimum Gasteiger partial charge on any atom is -0.462 e. The molecular weight excluding hydrogens is 745 g/mol. The van der Waals surface area contributed by atoms with Gasteiger partial charge in [-0.15, -0.1) is 0 Å². The van der Waals surface area contributed by atoms with Gasteiger partial charge >= 0.3 is 17.9 Å². The highest BCUT2D eigenvalue weighted by atomic mass is 16.6. The van der Waals surface area contributed by atoms with E-state index in [4.69, 9.17) is 14.2 Å². The van der Waals surface area contributed by atoms with Gasteiger partial charge in [0, 0.05) is 19.3 Å². The van der Waals surface area contributed by atoms with Gasteiger partial charge in [0.05, 0.1) is 0 Å². The fourth-order valence-corrected chi connectivity index (χ4v) is 8.22. The van der Waals surface area contributed by atoms with Crippen LogP contribution < -0.4 is 0 Å². The Labute approximate surface area is 374 Å². The molecule has 356 valence electrons. The third kappa shape index (κ3) is 47.5. The maximum absolute atomic E-state index is 12.8. The van der Waals surface area contributed by atoms with Crippen LogP contribution in [0.4, 0.5) is 0 Å². The van der Waals surface area contributed by atoms with Crippen LogP contribution in [0, 0.1) is 5.92 Å². The molecule has 0 fully saturated rings. The molecular formula is C54H104O6. The molecule has 0 aromatic carbocycles. The molecule has 6 heteroatoms. The monoisotopic (exact) mass is 849 g/mol. The van der Waals surface area contributed by atoms with E-state index in [1.54, 1.807) is 0 Å². The van der Waals surface area contributed by atoms with Crippen LogP contribution in [0.2, 0.25) is 0 Å². The molecule has 0 aromatic rings. The Balaban J connectivity index is 4.24. The van der Waals surface area contributed by atoms with Crippen LogP contribution >= 0.6 is 0 Å². The third-order valence-corrected chi connectivity index (χ3v) is 12.3. The predicted molar refractivity (Wildman–Crippen MR) is 257 cm³/mol. The van der Waals surface area contributed by atoms with Crippen molar-refractivity contribution in [3.05, 3.63) is 0 Å². The highest BCUT2D eigenvalue weighted by molar-refractivity contribution is 5.71. The van der Waals surface area contributed by atoms with Gasteiger partial charge in [0.25, 0.3) is 0 Å². The molecule has 0 amide bonds. The van der Waals surface area contributed by atoms with Crippen molar-refractivity contribution in [3.63, 3.8) is 0 Å². The van der Waals surface area contributed by atoms with Gasteiger partial charge in [-0.05, 0) is 25.2 Å². The minimum atomic E-state index is -0.761. The minimum absolute atomic E-state index is 0.0634. The molecule has 6 nitrogen and oxygen atoms in total. The molecule has 0 N–H and O–H groups in total. The topological polar surface area (TPSA) is 78.9 Å². The Morgan fingerprint density at radius 1 is 0.317 bits per heavy atom. The smallest absolute Gasteiger partial charge is 0.306 e. The molecule has 0 aliphatic heterocycles. The van der Waals surface area contributed by atoms with Gasteiger partial charge in [-0.3, -0.25) is 14.4 Å². The molecule has 0 bridgehead atoms. The second-order valence-electron chi connectivity index (χ2n) is 19.0. The zero-order chi connectivity index (χ0) is 43.8. The van der Waals surface area contributed by atoms with E-state index in [-0.39, 0.29) is 31.1 Å². The van der Waals surface area contributed by atoms with Gasteiger partial charge in [-0.2, -0.15) is 0 Å². The van der Waals surface area contributed by atoms with Gasteiger partial charge in [-0.25, -0.2) is 0 Å². The van der Waals surface area contributed by atoms with E-state index in [1.165, 1.54) is 199 Å². The number of hydrogen-bond acceptors (Lipinski definition) is 6. The number of esters is 3. The molecule has 0 aliphatic rings. The van der Waals surface area contributed by atoms with E-state index in [1.807, 2.05) is 0 Å². The molecule has 0 heterocycles. The van der Waals surface area contributed by atoms with Crippen molar-refractivity contribution in [2.75, 3.05) is 13.2 Å². The zero-order valence-corrected chi connectivity index (χ0v) is 40.9. The van der Waals surface area contributed by atoms with E-state index in [2.05, 4.69) is 27.7 Å². The molecule has 1 atom stereocenters. The van der Waals surface area contributed by atoms with E-state index in [0.717, 1.165) is 63.7 Å². The largest absolute Gasteiger partial charge is 0.462 e.